The standard InChI is InChI=1S/C19H23N3O2/c20-17-5-2-4-16(10-17)19(24)21-11-15-7-8-22(13-15)12-14-3-1-6-18(23)9-14/h1-6,9-10,15,23H,7-8,11-13,20H2,(H,21,24)/t15-/m0/s1. The van der Waals surface area contributed by atoms with Gasteiger partial charge in [0.25, 0.3) is 5.91 Å². The van der Waals surface area contributed by atoms with Gasteiger partial charge in [0.15, 0.2) is 0 Å². The van der Waals surface area contributed by atoms with Crippen molar-refractivity contribution in [1.82, 2.24) is 10.2 Å². The van der Waals surface area contributed by atoms with Gasteiger partial charge in [-0.05, 0) is 54.8 Å². The lowest BCUT2D eigenvalue weighted by Crippen LogP contribution is -2.31. The fraction of sp³-hybridized carbons (Fsp3) is 0.316. The first kappa shape index (κ1) is 16.3. The van der Waals surface area contributed by atoms with E-state index in [0.717, 1.165) is 31.6 Å². The fourth-order valence-electron chi connectivity index (χ4n) is 3.16. The van der Waals surface area contributed by atoms with Gasteiger partial charge in [-0.25, -0.2) is 0 Å². The van der Waals surface area contributed by atoms with Gasteiger partial charge in [0.2, 0.25) is 0 Å². The van der Waals surface area contributed by atoms with Gasteiger partial charge in [0.1, 0.15) is 5.75 Å². The van der Waals surface area contributed by atoms with Crippen LogP contribution in [-0.4, -0.2) is 35.5 Å². The number of hydrogen-bond acceptors (Lipinski definition) is 4. The Morgan fingerprint density at radius 3 is 2.88 bits per heavy atom. The molecule has 1 saturated heterocycles. The van der Waals surface area contributed by atoms with Crippen LogP contribution in [0.25, 0.3) is 0 Å². The Morgan fingerprint density at radius 2 is 2.08 bits per heavy atom. The summed E-state index contributed by atoms with van der Waals surface area (Å²) in [5, 5.41) is 12.5. The van der Waals surface area contributed by atoms with Crippen molar-refractivity contribution in [3.05, 3.63) is 59.7 Å². The molecule has 3 rings (SSSR count). The number of benzene rings is 2. The molecule has 1 aliphatic heterocycles. The first-order valence-corrected chi connectivity index (χ1v) is 8.24. The molecule has 2 aromatic carbocycles. The summed E-state index contributed by atoms with van der Waals surface area (Å²) in [6, 6.07) is 14.4. The largest absolute Gasteiger partial charge is 0.508 e. The second-order valence-corrected chi connectivity index (χ2v) is 6.40. The van der Waals surface area contributed by atoms with Crippen LogP contribution in [0.5, 0.6) is 5.75 Å². The van der Waals surface area contributed by atoms with Crippen molar-refractivity contribution in [2.24, 2.45) is 5.92 Å². The van der Waals surface area contributed by atoms with E-state index < -0.39 is 0 Å². The lowest BCUT2D eigenvalue weighted by atomic mass is 10.1. The number of phenolic OH excluding ortho intramolecular Hbond substituents is 1. The molecule has 1 aliphatic rings. The van der Waals surface area contributed by atoms with Gasteiger partial charge in [-0.2, -0.15) is 0 Å². The van der Waals surface area contributed by atoms with Crippen LogP contribution in [0.1, 0.15) is 22.3 Å². The van der Waals surface area contributed by atoms with Crippen molar-refractivity contribution >= 4 is 11.6 Å². The number of nitrogens with one attached hydrogen (secondary N) is 1. The number of carbonyl (C=O) groups is 1. The summed E-state index contributed by atoms with van der Waals surface area (Å²) in [6.45, 7) is 3.46. The molecule has 0 spiro atoms. The Kier molecular flexibility index (Phi) is 5.01. The molecular weight excluding hydrogens is 302 g/mol. The maximum Gasteiger partial charge on any atom is 0.251 e. The highest BCUT2D eigenvalue weighted by molar-refractivity contribution is 5.94. The van der Waals surface area contributed by atoms with Gasteiger partial charge in [-0.15, -0.1) is 0 Å². The summed E-state index contributed by atoms with van der Waals surface area (Å²) in [5.74, 6) is 0.679. The van der Waals surface area contributed by atoms with Gasteiger partial charge >= 0.3 is 0 Å². The highest BCUT2D eigenvalue weighted by Gasteiger charge is 2.23. The highest BCUT2D eigenvalue weighted by atomic mass is 16.3. The third-order valence-electron chi connectivity index (χ3n) is 4.39. The fourth-order valence-corrected chi connectivity index (χ4v) is 3.16. The van der Waals surface area contributed by atoms with E-state index in [1.54, 1.807) is 36.4 Å². The molecule has 0 unspecified atom stereocenters. The van der Waals surface area contributed by atoms with E-state index in [0.29, 0.717) is 29.5 Å². The van der Waals surface area contributed by atoms with Crippen molar-refractivity contribution in [3.63, 3.8) is 0 Å². The minimum atomic E-state index is -0.0752. The Hall–Kier alpha value is -2.53. The Labute approximate surface area is 142 Å². The molecule has 0 aromatic heterocycles. The van der Waals surface area contributed by atoms with E-state index in [-0.39, 0.29) is 5.91 Å². The number of nitrogens with zero attached hydrogens (tertiary/aromatic N) is 1. The number of phenols is 1. The third kappa shape index (κ3) is 4.26. The molecule has 0 radical (unpaired) electrons. The van der Waals surface area contributed by atoms with Gasteiger partial charge in [0, 0.05) is 30.9 Å². The van der Waals surface area contributed by atoms with Crippen LogP contribution in [0, 0.1) is 5.92 Å². The minimum Gasteiger partial charge on any atom is -0.508 e. The molecule has 5 nitrogen and oxygen atoms in total. The number of carbonyl (C=O) groups excluding carboxylic acids is 1. The van der Waals surface area contributed by atoms with Crippen molar-refractivity contribution < 1.29 is 9.90 Å². The Balaban J connectivity index is 1.47. The van der Waals surface area contributed by atoms with E-state index in [1.165, 1.54) is 0 Å². The van der Waals surface area contributed by atoms with Crippen LogP contribution in [0.4, 0.5) is 5.69 Å². The monoisotopic (exact) mass is 325 g/mol. The second kappa shape index (κ2) is 7.36. The van der Waals surface area contributed by atoms with Crippen LogP contribution in [0.3, 0.4) is 0 Å². The van der Waals surface area contributed by atoms with E-state index in [1.807, 2.05) is 12.1 Å². The topological polar surface area (TPSA) is 78.6 Å². The summed E-state index contributed by atoms with van der Waals surface area (Å²) in [5.41, 5.74) is 8.02. The second-order valence-electron chi connectivity index (χ2n) is 6.40. The van der Waals surface area contributed by atoms with Crippen LogP contribution in [0.15, 0.2) is 48.5 Å². The van der Waals surface area contributed by atoms with Crippen molar-refractivity contribution in [3.8, 4) is 5.75 Å². The lowest BCUT2D eigenvalue weighted by molar-refractivity contribution is 0.0947. The molecule has 1 atom stereocenters. The van der Waals surface area contributed by atoms with E-state index in [4.69, 9.17) is 5.73 Å². The molecule has 1 heterocycles. The number of anilines is 1. The lowest BCUT2D eigenvalue weighted by Gasteiger charge is -2.16. The minimum absolute atomic E-state index is 0.0752. The van der Waals surface area contributed by atoms with Crippen molar-refractivity contribution in [2.75, 3.05) is 25.4 Å². The molecule has 2 aromatic rings. The quantitative estimate of drug-likeness (QED) is 0.737. The molecule has 1 fully saturated rings. The maximum atomic E-state index is 12.2. The number of nitrogens with two attached hydrogens (primary N) is 1. The number of amides is 1. The summed E-state index contributed by atoms with van der Waals surface area (Å²) in [6.07, 6.45) is 1.07. The number of rotatable bonds is 5. The molecular formula is C19H23N3O2. The normalized spacial score (nSPS) is 17.8. The van der Waals surface area contributed by atoms with Crippen LogP contribution in [0.2, 0.25) is 0 Å². The number of likely N-dealkylation sites (tertiary alicyclic amines) is 1. The zero-order valence-electron chi connectivity index (χ0n) is 13.6. The molecule has 24 heavy (non-hydrogen) atoms. The molecule has 0 bridgehead atoms. The maximum absolute atomic E-state index is 12.2. The zero-order chi connectivity index (χ0) is 16.9. The number of nitrogen functional groups attached to an aromatic ring is 1. The van der Waals surface area contributed by atoms with Gasteiger partial charge in [-0.3, -0.25) is 9.69 Å². The van der Waals surface area contributed by atoms with E-state index in [2.05, 4.69) is 10.2 Å². The first-order chi connectivity index (χ1) is 11.6. The predicted octanol–water partition coefficient (Wildman–Crippen LogP) is 2.23. The average molecular weight is 325 g/mol. The summed E-state index contributed by atoms with van der Waals surface area (Å²) in [7, 11) is 0. The van der Waals surface area contributed by atoms with Gasteiger partial charge < -0.3 is 16.2 Å². The Morgan fingerprint density at radius 1 is 1.25 bits per heavy atom. The third-order valence-corrected chi connectivity index (χ3v) is 4.39. The first-order valence-electron chi connectivity index (χ1n) is 8.24. The van der Waals surface area contributed by atoms with Crippen LogP contribution < -0.4 is 11.1 Å². The zero-order valence-corrected chi connectivity index (χ0v) is 13.6. The molecule has 1 amide bonds. The van der Waals surface area contributed by atoms with Crippen LogP contribution >= 0.6 is 0 Å². The molecule has 4 N–H and O–H groups in total. The Bertz CT molecular complexity index is 717. The highest BCUT2D eigenvalue weighted by Crippen LogP contribution is 2.20. The van der Waals surface area contributed by atoms with E-state index >= 15 is 0 Å². The summed E-state index contributed by atoms with van der Waals surface area (Å²) in [4.78, 5) is 14.5. The van der Waals surface area contributed by atoms with Gasteiger partial charge in [0.05, 0.1) is 0 Å². The van der Waals surface area contributed by atoms with Crippen LogP contribution in [-0.2, 0) is 6.54 Å². The number of hydrogen-bond donors (Lipinski definition) is 3. The smallest absolute Gasteiger partial charge is 0.251 e. The molecule has 0 saturated carbocycles. The summed E-state index contributed by atoms with van der Waals surface area (Å²) < 4.78 is 0. The molecule has 5 heteroatoms. The summed E-state index contributed by atoms with van der Waals surface area (Å²) >= 11 is 0. The van der Waals surface area contributed by atoms with E-state index in [9.17, 15) is 9.90 Å². The van der Waals surface area contributed by atoms with Gasteiger partial charge in [-0.1, -0.05) is 18.2 Å². The number of aromatic hydroxyl groups is 1. The molecule has 126 valence electrons. The average Bonchev–Trinajstić information content (AvgIpc) is 3.00. The van der Waals surface area contributed by atoms with Crippen molar-refractivity contribution in [1.29, 1.82) is 0 Å². The predicted molar refractivity (Wildman–Crippen MR) is 94.7 cm³/mol. The van der Waals surface area contributed by atoms with Crippen molar-refractivity contribution in [2.45, 2.75) is 13.0 Å². The SMILES string of the molecule is Nc1cccc(C(=O)NC[C@@H]2CCN(Cc3cccc(O)c3)C2)c1. The molecule has 0 aliphatic carbocycles.